The van der Waals surface area contributed by atoms with Gasteiger partial charge in [-0.25, -0.2) is 0 Å². The summed E-state index contributed by atoms with van der Waals surface area (Å²) in [6.45, 7) is 1.01. The van der Waals surface area contributed by atoms with Gasteiger partial charge in [-0.3, -0.25) is 4.79 Å². The third-order valence-electron chi connectivity index (χ3n) is 4.04. The van der Waals surface area contributed by atoms with Crippen LogP contribution in [0.4, 0.5) is 0 Å². The molecule has 3 N–H and O–H groups in total. The third-order valence-corrected chi connectivity index (χ3v) is 4.04. The summed E-state index contributed by atoms with van der Waals surface area (Å²) in [6.07, 6.45) is 4.91. The minimum atomic E-state index is 0.0361. The van der Waals surface area contributed by atoms with E-state index in [1.54, 1.807) is 0 Å². The van der Waals surface area contributed by atoms with Crippen LogP contribution >= 0.6 is 0 Å². The van der Waals surface area contributed by atoms with E-state index in [-0.39, 0.29) is 12.5 Å². The van der Waals surface area contributed by atoms with Crippen molar-refractivity contribution in [3.05, 3.63) is 35.4 Å². The maximum Gasteiger partial charge on any atom is 0.227 e. The van der Waals surface area contributed by atoms with Crippen LogP contribution in [0.1, 0.15) is 36.8 Å². The van der Waals surface area contributed by atoms with E-state index < -0.39 is 0 Å². The average Bonchev–Trinajstić information content (AvgIpc) is 2.99. The van der Waals surface area contributed by atoms with Gasteiger partial charge in [0.1, 0.15) is 0 Å². The highest BCUT2D eigenvalue weighted by Gasteiger charge is 2.25. The van der Waals surface area contributed by atoms with Crippen molar-refractivity contribution in [1.29, 1.82) is 0 Å². The third kappa shape index (κ3) is 3.81. The number of aliphatic hydroxyl groups excluding tert-OH is 1. The average molecular weight is 276 g/mol. The van der Waals surface area contributed by atoms with Gasteiger partial charge >= 0.3 is 0 Å². The summed E-state index contributed by atoms with van der Waals surface area (Å²) in [5, 5.41) is 9.17. The number of rotatable bonds is 6. The first-order chi connectivity index (χ1) is 9.74. The molecule has 1 saturated carbocycles. The van der Waals surface area contributed by atoms with Crippen molar-refractivity contribution in [2.75, 3.05) is 13.2 Å². The molecule has 0 atom stereocenters. The van der Waals surface area contributed by atoms with Crippen molar-refractivity contribution in [3.8, 4) is 0 Å². The molecule has 2 rings (SSSR count). The van der Waals surface area contributed by atoms with Crippen LogP contribution in [0.2, 0.25) is 0 Å². The predicted molar refractivity (Wildman–Crippen MR) is 79.1 cm³/mol. The molecule has 1 aromatic rings. The smallest absolute Gasteiger partial charge is 0.227 e. The van der Waals surface area contributed by atoms with Gasteiger partial charge in [-0.05, 0) is 24.0 Å². The summed E-state index contributed by atoms with van der Waals surface area (Å²) >= 11 is 0. The van der Waals surface area contributed by atoms with E-state index in [1.165, 1.54) is 12.8 Å². The molecule has 0 unspecified atom stereocenters. The lowest BCUT2D eigenvalue weighted by Crippen LogP contribution is -2.41. The Balaban J connectivity index is 1.99. The lowest BCUT2D eigenvalue weighted by Gasteiger charge is -2.28. The van der Waals surface area contributed by atoms with Crippen LogP contribution < -0.4 is 5.73 Å². The van der Waals surface area contributed by atoms with E-state index in [1.807, 2.05) is 29.2 Å². The van der Waals surface area contributed by atoms with Crippen LogP contribution in [-0.4, -0.2) is 35.1 Å². The van der Waals surface area contributed by atoms with Crippen LogP contribution in [0.15, 0.2) is 24.3 Å². The Bertz CT molecular complexity index is 425. The fourth-order valence-corrected chi connectivity index (χ4v) is 2.90. The van der Waals surface area contributed by atoms with Gasteiger partial charge < -0.3 is 15.7 Å². The minimum absolute atomic E-state index is 0.0361. The molecule has 0 heterocycles. The molecule has 20 heavy (non-hydrogen) atoms. The van der Waals surface area contributed by atoms with Crippen molar-refractivity contribution < 1.29 is 9.90 Å². The Hall–Kier alpha value is -1.39. The first-order valence-corrected chi connectivity index (χ1v) is 7.43. The van der Waals surface area contributed by atoms with E-state index in [2.05, 4.69) is 0 Å². The normalized spacial score (nSPS) is 15.5. The number of benzene rings is 1. The molecule has 0 radical (unpaired) electrons. The van der Waals surface area contributed by atoms with E-state index in [9.17, 15) is 9.90 Å². The number of hydrogen-bond donors (Lipinski definition) is 2. The topological polar surface area (TPSA) is 66.6 Å². The van der Waals surface area contributed by atoms with E-state index >= 15 is 0 Å². The highest BCUT2D eigenvalue weighted by Crippen LogP contribution is 2.24. The molecule has 4 nitrogen and oxygen atoms in total. The first kappa shape index (κ1) is 15.0. The van der Waals surface area contributed by atoms with E-state index in [0.29, 0.717) is 25.6 Å². The highest BCUT2D eigenvalue weighted by atomic mass is 16.3. The predicted octanol–water partition coefficient (Wildman–Crippen LogP) is 1.45. The van der Waals surface area contributed by atoms with Gasteiger partial charge in [0.15, 0.2) is 0 Å². The van der Waals surface area contributed by atoms with Crippen molar-refractivity contribution in [1.82, 2.24) is 4.90 Å². The van der Waals surface area contributed by atoms with Gasteiger partial charge in [0.05, 0.1) is 13.0 Å². The Morgan fingerprint density at radius 3 is 2.35 bits per heavy atom. The molecule has 1 fully saturated rings. The van der Waals surface area contributed by atoms with Crippen molar-refractivity contribution >= 4 is 5.91 Å². The van der Waals surface area contributed by atoms with Gasteiger partial charge in [0, 0.05) is 19.1 Å². The Kier molecular flexibility index (Phi) is 5.56. The molecule has 0 saturated heterocycles. The number of nitrogens with zero attached hydrogens (tertiary/aromatic N) is 1. The van der Waals surface area contributed by atoms with Crippen molar-refractivity contribution in [3.63, 3.8) is 0 Å². The zero-order valence-electron chi connectivity index (χ0n) is 11.9. The lowest BCUT2D eigenvalue weighted by molar-refractivity contribution is -0.133. The molecule has 0 bridgehead atoms. The van der Waals surface area contributed by atoms with Crippen molar-refractivity contribution in [2.24, 2.45) is 5.73 Å². The Morgan fingerprint density at radius 2 is 1.80 bits per heavy atom. The first-order valence-electron chi connectivity index (χ1n) is 7.43. The number of nitrogens with two attached hydrogens (primary N) is 1. The summed E-state index contributed by atoms with van der Waals surface area (Å²) in [7, 11) is 0. The molecular formula is C16H24N2O2. The number of carbonyl (C=O) groups is 1. The van der Waals surface area contributed by atoms with E-state index in [0.717, 1.165) is 24.0 Å². The Labute approximate surface area is 120 Å². The number of carbonyl (C=O) groups excluding carboxylic acids is 1. The van der Waals surface area contributed by atoms with Crippen LogP contribution in [0.25, 0.3) is 0 Å². The second kappa shape index (κ2) is 7.41. The second-order valence-corrected chi connectivity index (χ2v) is 5.45. The monoisotopic (exact) mass is 276 g/mol. The van der Waals surface area contributed by atoms with Crippen molar-refractivity contribution in [2.45, 2.75) is 44.7 Å². The molecule has 1 aromatic carbocycles. The summed E-state index contributed by atoms with van der Waals surface area (Å²) in [5.74, 6) is 0.117. The molecule has 4 heteroatoms. The second-order valence-electron chi connectivity index (χ2n) is 5.45. The molecule has 1 amide bonds. The maximum atomic E-state index is 12.4. The van der Waals surface area contributed by atoms with Crippen LogP contribution in [0.3, 0.4) is 0 Å². The van der Waals surface area contributed by atoms with E-state index in [4.69, 9.17) is 5.73 Å². The lowest BCUT2D eigenvalue weighted by atomic mass is 10.1. The molecule has 0 aliphatic heterocycles. The van der Waals surface area contributed by atoms with Crippen LogP contribution in [-0.2, 0) is 17.8 Å². The Morgan fingerprint density at radius 1 is 1.20 bits per heavy atom. The fraction of sp³-hybridized carbons (Fsp3) is 0.562. The summed E-state index contributed by atoms with van der Waals surface area (Å²) in [6, 6.07) is 8.18. The number of amides is 1. The maximum absolute atomic E-state index is 12.4. The minimum Gasteiger partial charge on any atom is -0.395 e. The zero-order valence-corrected chi connectivity index (χ0v) is 11.9. The molecule has 0 spiro atoms. The molecule has 110 valence electrons. The largest absolute Gasteiger partial charge is 0.395 e. The number of hydrogen-bond acceptors (Lipinski definition) is 3. The zero-order chi connectivity index (χ0) is 14.4. The highest BCUT2D eigenvalue weighted by molar-refractivity contribution is 5.79. The molecular weight excluding hydrogens is 252 g/mol. The molecule has 1 aliphatic carbocycles. The SMILES string of the molecule is NCc1ccc(CC(=O)N(CCO)C2CCCC2)cc1. The van der Waals surface area contributed by atoms with Gasteiger partial charge in [-0.1, -0.05) is 37.1 Å². The fourth-order valence-electron chi connectivity index (χ4n) is 2.90. The quantitative estimate of drug-likeness (QED) is 0.826. The van der Waals surface area contributed by atoms with Gasteiger partial charge in [0.25, 0.3) is 0 Å². The summed E-state index contributed by atoms with van der Waals surface area (Å²) in [4.78, 5) is 14.3. The van der Waals surface area contributed by atoms with Gasteiger partial charge in [-0.15, -0.1) is 0 Å². The number of aliphatic hydroxyl groups is 1. The summed E-state index contributed by atoms with van der Waals surface area (Å²) in [5.41, 5.74) is 7.65. The standard InChI is InChI=1S/C16H24N2O2/c17-12-14-7-5-13(6-8-14)11-16(20)18(9-10-19)15-3-1-2-4-15/h5-8,15,19H,1-4,9-12,17H2. The molecule has 0 aromatic heterocycles. The van der Waals surface area contributed by atoms with Gasteiger partial charge in [-0.2, -0.15) is 0 Å². The molecule has 1 aliphatic rings. The summed E-state index contributed by atoms with van der Waals surface area (Å²) < 4.78 is 0. The van der Waals surface area contributed by atoms with Gasteiger partial charge in [0.2, 0.25) is 5.91 Å². The van der Waals surface area contributed by atoms with Crippen LogP contribution in [0, 0.1) is 0 Å². The van der Waals surface area contributed by atoms with Crippen LogP contribution in [0.5, 0.6) is 0 Å².